The van der Waals surface area contributed by atoms with Gasteiger partial charge in [0.1, 0.15) is 11.4 Å². The van der Waals surface area contributed by atoms with E-state index in [4.69, 9.17) is 4.74 Å². The van der Waals surface area contributed by atoms with Crippen molar-refractivity contribution in [3.8, 4) is 0 Å². The molecule has 0 aromatic carbocycles. The van der Waals surface area contributed by atoms with Crippen molar-refractivity contribution in [2.24, 2.45) is 0 Å². The van der Waals surface area contributed by atoms with E-state index in [1.807, 2.05) is 27.1 Å². The fourth-order valence-electron chi connectivity index (χ4n) is 1.31. The largest absolute Gasteiger partial charge is 0.462 e. The van der Waals surface area contributed by atoms with Gasteiger partial charge in [0.05, 0.1) is 6.61 Å². The van der Waals surface area contributed by atoms with Crippen LogP contribution >= 0.6 is 0 Å². The summed E-state index contributed by atoms with van der Waals surface area (Å²) in [7, 11) is 3.65. The van der Waals surface area contributed by atoms with Crippen molar-refractivity contribution >= 4 is 17.9 Å². The van der Waals surface area contributed by atoms with Gasteiger partial charge in [-0.2, -0.15) is 0 Å². The van der Waals surface area contributed by atoms with Crippen molar-refractivity contribution in [2.75, 3.05) is 25.6 Å². The zero-order valence-electron chi connectivity index (χ0n) is 10.6. The average Bonchev–Trinajstić information content (AvgIpc) is 2.29. The second-order valence-electron chi connectivity index (χ2n) is 3.58. The molecule has 1 aromatic rings. The Labute approximate surface area is 101 Å². The molecule has 0 N–H and O–H groups in total. The van der Waals surface area contributed by atoms with Crippen LogP contribution in [0.4, 0.5) is 5.82 Å². The minimum absolute atomic E-state index is 0.336. The monoisotopic (exact) mass is 235 g/mol. The fraction of sp³-hybridized carbons (Fsp3) is 0.417. The van der Waals surface area contributed by atoms with Crippen LogP contribution in [0.15, 0.2) is 12.3 Å². The maximum absolute atomic E-state index is 11.7. The molecule has 0 fully saturated rings. The number of hydrogen-bond donors (Lipinski definition) is 0. The number of allylic oxidation sites excluding steroid dienone is 1. The number of aromatic nitrogens is 2. The van der Waals surface area contributed by atoms with E-state index in [0.717, 1.165) is 0 Å². The second kappa shape index (κ2) is 5.98. The van der Waals surface area contributed by atoms with Gasteiger partial charge in [-0.25, -0.2) is 14.8 Å². The van der Waals surface area contributed by atoms with Gasteiger partial charge >= 0.3 is 5.97 Å². The average molecular weight is 235 g/mol. The van der Waals surface area contributed by atoms with Crippen molar-refractivity contribution < 1.29 is 9.53 Å². The molecule has 92 valence electrons. The number of esters is 1. The Kier molecular flexibility index (Phi) is 4.63. The lowest BCUT2D eigenvalue weighted by Gasteiger charge is -2.15. The van der Waals surface area contributed by atoms with Crippen molar-refractivity contribution in [2.45, 2.75) is 13.8 Å². The zero-order valence-corrected chi connectivity index (χ0v) is 10.6. The fourth-order valence-corrected chi connectivity index (χ4v) is 1.31. The first-order valence-electron chi connectivity index (χ1n) is 5.44. The molecule has 1 rings (SSSR count). The molecule has 0 atom stereocenters. The molecule has 0 spiro atoms. The number of carbonyl (C=O) groups is 1. The molecule has 17 heavy (non-hydrogen) atoms. The maximum Gasteiger partial charge on any atom is 0.343 e. The van der Waals surface area contributed by atoms with E-state index in [9.17, 15) is 4.79 Å². The molecule has 1 aromatic heterocycles. The topological polar surface area (TPSA) is 55.3 Å². The minimum atomic E-state index is -0.400. The van der Waals surface area contributed by atoms with Crippen LogP contribution in [0.1, 0.15) is 30.0 Å². The van der Waals surface area contributed by atoms with E-state index < -0.39 is 5.97 Å². The molecule has 0 aliphatic carbocycles. The molecule has 0 amide bonds. The minimum Gasteiger partial charge on any atom is -0.462 e. The molecule has 0 aliphatic rings. The Morgan fingerprint density at radius 2 is 2.24 bits per heavy atom. The summed E-state index contributed by atoms with van der Waals surface area (Å²) >= 11 is 0. The van der Waals surface area contributed by atoms with E-state index in [1.165, 1.54) is 6.20 Å². The number of rotatable bonds is 4. The van der Waals surface area contributed by atoms with Crippen LogP contribution in [0.2, 0.25) is 0 Å². The van der Waals surface area contributed by atoms with Crippen molar-refractivity contribution in [1.29, 1.82) is 0 Å². The molecule has 1 heterocycles. The Balaban J connectivity index is 3.17. The van der Waals surface area contributed by atoms with Gasteiger partial charge < -0.3 is 9.64 Å². The first kappa shape index (κ1) is 13.2. The molecule has 0 unspecified atom stereocenters. The molecule has 0 bridgehead atoms. The van der Waals surface area contributed by atoms with Gasteiger partial charge in [0.15, 0.2) is 5.82 Å². The summed E-state index contributed by atoms with van der Waals surface area (Å²) in [5.41, 5.74) is 0.380. The van der Waals surface area contributed by atoms with Gasteiger partial charge in [0, 0.05) is 20.3 Å². The summed E-state index contributed by atoms with van der Waals surface area (Å²) in [5.74, 6) is 0.735. The van der Waals surface area contributed by atoms with Crippen LogP contribution < -0.4 is 4.90 Å². The Hall–Kier alpha value is -1.91. The lowest BCUT2D eigenvalue weighted by molar-refractivity contribution is 0.0526. The molecule has 0 aliphatic heterocycles. The van der Waals surface area contributed by atoms with Crippen LogP contribution in [-0.4, -0.2) is 36.6 Å². The van der Waals surface area contributed by atoms with E-state index in [2.05, 4.69) is 9.97 Å². The summed E-state index contributed by atoms with van der Waals surface area (Å²) < 4.78 is 4.95. The first-order chi connectivity index (χ1) is 8.10. The van der Waals surface area contributed by atoms with Gasteiger partial charge in [0.2, 0.25) is 0 Å². The second-order valence-corrected chi connectivity index (χ2v) is 3.58. The highest BCUT2D eigenvalue weighted by Crippen LogP contribution is 2.16. The molecule has 0 radical (unpaired) electrons. The molecular weight excluding hydrogens is 218 g/mol. The van der Waals surface area contributed by atoms with Gasteiger partial charge in [-0.05, 0) is 19.9 Å². The third-order valence-electron chi connectivity index (χ3n) is 2.02. The van der Waals surface area contributed by atoms with Gasteiger partial charge in [-0.15, -0.1) is 0 Å². The number of anilines is 1. The standard InChI is InChI=1S/C12H17N3O2/c1-5-7-10-13-8-9(12(16)17-6-2)11(14-10)15(3)4/h5,7-8H,6H2,1-4H3/b7-5+. The van der Waals surface area contributed by atoms with Crippen LogP contribution in [0.5, 0.6) is 0 Å². The number of hydrogen-bond acceptors (Lipinski definition) is 5. The molecule has 0 saturated heterocycles. The van der Waals surface area contributed by atoms with Crippen molar-refractivity contribution in [1.82, 2.24) is 9.97 Å². The highest BCUT2D eigenvalue weighted by atomic mass is 16.5. The van der Waals surface area contributed by atoms with Crippen molar-refractivity contribution in [3.63, 3.8) is 0 Å². The summed E-state index contributed by atoms with van der Waals surface area (Å²) in [6.07, 6.45) is 5.12. The van der Waals surface area contributed by atoms with Gasteiger partial charge in [-0.1, -0.05) is 6.08 Å². The SMILES string of the molecule is C/C=C/c1ncc(C(=O)OCC)c(N(C)C)n1. The Morgan fingerprint density at radius 3 is 2.76 bits per heavy atom. The smallest absolute Gasteiger partial charge is 0.343 e. The van der Waals surface area contributed by atoms with Gasteiger partial charge in [-0.3, -0.25) is 0 Å². The van der Waals surface area contributed by atoms with Crippen molar-refractivity contribution in [3.05, 3.63) is 23.7 Å². The maximum atomic E-state index is 11.7. The van der Waals surface area contributed by atoms with Crippen LogP contribution in [0, 0.1) is 0 Å². The third-order valence-corrected chi connectivity index (χ3v) is 2.02. The summed E-state index contributed by atoms with van der Waals surface area (Å²) in [6, 6.07) is 0. The first-order valence-corrected chi connectivity index (χ1v) is 5.44. The zero-order chi connectivity index (χ0) is 12.8. The predicted octanol–water partition coefficient (Wildman–Crippen LogP) is 1.75. The lowest BCUT2D eigenvalue weighted by Crippen LogP contribution is -2.18. The van der Waals surface area contributed by atoms with E-state index >= 15 is 0 Å². The summed E-state index contributed by atoms with van der Waals surface area (Å²) in [6.45, 7) is 3.99. The molecule has 5 heteroatoms. The quantitative estimate of drug-likeness (QED) is 0.744. The van der Waals surface area contributed by atoms with Gasteiger partial charge in [0.25, 0.3) is 0 Å². The van der Waals surface area contributed by atoms with E-state index in [0.29, 0.717) is 23.8 Å². The lowest BCUT2D eigenvalue weighted by atomic mass is 10.3. The number of nitrogens with zero attached hydrogens (tertiary/aromatic N) is 3. The number of carbonyl (C=O) groups excluding carboxylic acids is 1. The third kappa shape index (κ3) is 3.27. The molecule has 5 nitrogen and oxygen atoms in total. The predicted molar refractivity (Wildman–Crippen MR) is 67.0 cm³/mol. The molecule has 0 saturated carbocycles. The van der Waals surface area contributed by atoms with Crippen LogP contribution in [0.3, 0.4) is 0 Å². The normalized spacial score (nSPS) is 10.6. The van der Waals surface area contributed by atoms with Crippen LogP contribution in [0.25, 0.3) is 6.08 Å². The Morgan fingerprint density at radius 1 is 1.53 bits per heavy atom. The summed E-state index contributed by atoms with van der Waals surface area (Å²) in [5, 5.41) is 0. The number of ether oxygens (including phenoxy) is 1. The summed E-state index contributed by atoms with van der Waals surface area (Å²) in [4.78, 5) is 21.8. The Bertz CT molecular complexity index is 428. The van der Waals surface area contributed by atoms with Crippen LogP contribution in [-0.2, 0) is 4.74 Å². The van der Waals surface area contributed by atoms with E-state index in [1.54, 1.807) is 17.9 Å². The highest BCUT2D eigenvalue weighted by Gasteiger charge is 2.16. The van der Waals surface area contributed by atoms with E-state index in [-0.39, 0.29) is 0 Å². The molecular formula is C12H17N3O2. The highest BCUT2D eigenvalue weighted by molar-refractivity contribution is 5.94.